The van der Waals surface area contributed by atoms with Crippen LogP contribution in [0.3, 0.4) is 0 Å². The Morgan fingerprint density at radius 1 is 1.29 bits per heavy atom. The molecule has 1 fully saturated rings. The predicted molar refractivity (Wildman–Crippen MR) is 84.1 cm³/mol. The molecule has 0 saturated carbocycles. The Balaban J connectivity index is 1.71. The number of hydrogen-bond donors (Lipinski definition) is 1. The molecule has 0 bridgehead atoms. The Bertz CT molecular complexity index is 631. The van der Waals surface area contributed by atoms with E-state index in [0.717, 1.165) is 37.6 Å². The highest BCUT2D eigenvalue weighted by atomic mass is 32.1. The number of piperazine rings is 1. The molecule has 1 aliphatic rings. The lowest BCUT2D eigenvalue weighted by Gasteiger charge is -2.33. The predicted octanol–water partition coefficient (Wildman–Crippen LogP) is 0.959. The molecule has 0 spiro atoms. The molecule has 0 unspecified atom stereocenters. The van der Waals surface area contributed by atoms with Gasteiger partial charge in [0.15, 0.2) is 0 Å². The van der Waals surface area contributed by atoms with Gasteiger partial charge in [-0.1, -0.05) is 13.0 Å². The zero-order valence-electron chi connectivity index (χ0n) is 12.1. The Labute approximate surface area is 127 Å². The third-order valence-electron chi connectivity index (χ3n) is 3.79. The van der Waals surface area contributed by atoms with E-state index >= 15 is 0 Å². The fraction of sp³-hybridized carbons (Fsp3) is 0.500. The minimum absolute atomic E-state index is 0.133. The summed E-state index contributed by atoms with van der Waals surface area (Å²) in [5.74, 6) is 0.589. The number of aromatic amines is 1. The topological polar surface area (TPSA) is 65.1 Å². The third kappa shape index (κ3) is 3.30. The highest BCUT2D eigenvalue weighted by Gasteiger charge is 2.18. The van der Waals surface area contributed by atoms with Crippen molar-refractivity contribution < 1.29 is 0 Å². The van der Waals surface area contributed by atoms with Crippen molar-refractivity contribution in [1.29, 1.82) is 0 Å². The van der Waals surface area contributed by atoms with E-state index in [1.807, 2.05) is 17.5 Å². The van der Waals surface area contributed by atoms with Crippen molar-refractivity contribution in [2.45, 2.75) is 13.3 Å². The number of thiophene rings is 1. The summed E-state index contributed by atoms with van der Waals surface area (Å²) in [6.45, 7) is 6.98. The summed E-state index contributed by atoms with van der Waals surface area (Å²) in [6, 6.07) is 3.98. The lowest BCUT2D eigenvalue weighted by molar-refractivity contribution is 0.269. The van der Waals surface area contributed by atoms with Gasteiger partial charge in [-0.25, -0.2) is 0 Å². The fourth-order valence-corrected chi connectivity index (χ4v) is 3.17. The summed E-state index contributed by atoms with van der Waals surface area (Å²) in [6.07, 6.45) is 0.546. The monoisotopic (exact) mass is 305 g/mol. The van der Waals surface area contributed by atoms with E-state index in [4.69, 9.17) is 0 Å². The minimum Gasteiger partial charge on any atom is -0.338 e. The molecule has 3 rings (SSSR count). The Hall–Kier alpha value is -1.73. The van der Waals surface area contributed by atoms with Gasteiger partial charge in [0.05, 0.1) is 0 Å². The molecule has 1 saturated heterocycles. The number of nitrogens with one attached hydrogen (secondary N) is 1. The van der Waals surface area contributed by atoms with Gasteiger partial charge < -0.3 is 9.80 Å². The van der Waals surface area contributed by atoms with Gasteiger partial charge in [-0.05, 0) is 18.0 Å². The maximum atomic E-state index is 12.1. The number of anilines is 1. The molecular formula is C14H19N5OS. The maximum Gasteiger partial charge on any atom is 0.274 e. The van der Waals surface area contributed by atoms with Crippen LogP contribution in [-0.4, -0.2) is 52.8 Å². The van der Waals surface area contributed by atoms with Gasteiger partial charge in [0.25, 0.3) is 5.56 Å². The van der Waals surface area contributed by atoms with Gasteiger partial charge in [-0.3, -0.25) is 9.78 Å². The van der Waals surface area contributed by atoms with E-state index in [1.54, 1.807) is 11.3 Å². The highest BCUT2D eigenvalue weighted by Crippen LogP contribution is 2.12. The number of rotatable bonds is 4. The van der Waals surface area contributed by atoms with E-state index in [9.17, 15) is 4.79 Å². The first kappa shape index (κ1) is 14.2. The Morgan fingerprint density at radius 3 is 2.71 bits per heavy atom. The lowest BCUT2D eigenvalue weighted by Crippen LogP contribution is -2.47. The lowest BCUT2D eigenvalue weighted by atomic mass is 10.3. The van der Waals surface area contributed by atoms with Crippen LogP contribution < -0.4 is 10.5 Å². The second-order valence-corrected chi connectivity index (χ2v) is 6.13. The van der Waals surface area contributed by atoms with Gasteiger partial charge in [-0.15, -0.1) is 21.5 Å². The number of aromatic nitrogens is 3. The van der Waals surface area contributed by atoms with E-state index in [0.29, 0.717) is 18.1 Å². The van der Waals surface area contributed by atoms with E-state index in [1.165, 1.54) is 0 Å². The second-order valence-electron chi connectivity index (χ2n) is 5.10. The molecule has 112 valence electrons. The van der Waals surface area contributed by atoms with Crippen LogP contribution >= 0.6 is 11.3 Å². The zero-order valence-corrected chi connectivity index (χ0v) is 12.9. The second kappa shape index (κ2) is 6.36. The van der Waals surface area contributed by atoms with Gasteiger partial charge >= 0.3 is 0 Å². The minimum atomic E-state index is -0.133. The first-order valence-corrected chi connectivity index (χ1v) is 8.10. The van der Waals surface area contributed by atoms with E-state index < -0.39 is 0 Å². The van der Waals surface area contributed by atoms with Crippen molar-refractivity contribution in [1.82, 2.24) is 20.1 Å². The van der Waals surface area contributed by atoms with Crippen molar-refractivity contribution in [3.8, 4) is 0 Å². The van der Waals surface area contributed by atoms with Crippen molar-refractivity contribution in [3.63, 3.8) is 0 Å². The number of H-pyrrole nitrogens is 1. The molecule has 1 N–H and O–H groups in total. The van der Waals surface area contributed by atoms with Gasteiger partial charge in [0, 0.05) is 37.5 Å². The first-order chi connectivity index (χ1) is 10.3. The maximum absolute atomic E-state index is 12.1. The van der Waals surface area contributed by atoms with Crippen LogP contribution in [0.25, 0.3) is 0 Å². The van der Waals surface area contributed by atoms with E-state index in [-0.39, 0.29) is 5.56 Å². The quantitative estimate of drug-likeness (QED) is 0.911. The van der Waals surface area contributed by atoms with Crippen LogP contribution in [-0.2, 0) is 6.42 Å². The van der Waals surface area contributed by atoms with E-state index in [2.05, 4.69) is 31.9 Å². The average molecular weight is 305 g/mol. The normalized spacial score (nSPS) is 16.3. The molecule has 0 aliphatic carbocycles. The molecule has 0 radical (unpaired) electrons. The summed E-state index contributed by atoms with van der Waals surface area (Å²) in [5, 5.41) is 10.3. The zero-order chi connectivity index (χ0) is 14.7. The van der Waals surface area contributed by atoms with Crippen LogP contribution in [0, 0.1) is 0 Å². The van der Waals surface area contributed by atoms with Crippen LogP contribution in [0.2, 0.25) is 0 Å². The Kier molecular flexibility index (Phi) is 4.31. The molecule has 3 heterocycles. The van der Waals surface area contributed by atoms with Crippen LogP contribution in [0.1, 0.15) is 17.5 Å². The number of nitrogens with zero attached hydrogens (tertiary/aromatic N) is 4. The standard InChI is InChI=1S/C14H19N5OS/c1-2-18-5-7-19(8-6-18)14-15-13(20)12(16-17-14)10-11-4-3-9-21-11/h3-4,9H,2,5-8,10H2,1H3,(H,15,17,20). The third-order valence-corrected chi connectivity index (χ3v) is 4.67. The SMILES string of the molecule is CCN1CCN(c2nnc(Cc3cccs3)c(=O)[nH]2)CC1. The molecule has 1 aliphatic heterocycles. The highest BCUT2D eigenvalue weighted by molar-refractivity contribution is 7.09. The van der Waals surface area contributed by atoms with Crippen LogP contribution in [0.4, 0.5) is 5.95 Å². The molecule has 0 atom stereocenters. The summed E-state index contributed by atoms with van der Waals surface area (Å²) >= 11 is 1.62. The van der Waals surface area contributed by atoms with Gasteiger partial charge in [-0.2, -0.15) is 0 Å². The van der Waals surface area contributed by atoms with Crippen molar-refractivity contribution in [3.05, 3.63) is 38.4 Å². The van der Waals surface area contributed by atoms with Crippen molar-refractivity contribution >= 4 is 17.3 Å². The number of likely N-dealkylation sites (N-methyl/N-ethyl adjacent to an activating group) is 1. The molecule has 2 aromatic heterocycles. The van der Waals surface area contributed by atoms with Crippen molar-refractivity contribution in [2.75, 3.05) is 37.6 Å². The molecule has 2 aromatic rings. The molecule has 0 aromatic carbocycles. The summed E-state index contributed by atoms with van der Waals surface area (Å²) in [5.41, 5.74) is 0.347. The molecule has 7 heteroatoms. The summed E-state index contributed by atoms with van der Waals surface area (Å²) in [4.78, 5) is 20.6. The molecule has 0 amide bonds. The smallest absolute Gasteiger partial charge is 0.274 e. The van der Waals surface area contributed by atoms with Crippen LogP contribution in [0.5, 0.6) is 0 Å². The van der Waals surface area contributed by atoms with Crippen molar-refractivity contribution in [2.24, 2.45) is 0 Å². The average Bonchev–Trinajstić information content (AvgIpc) is 3.02. The summed E-state index contributed by atoms with van der Waals surface area (Å²) in [7, 11) is 0. The molecular weight excluding hydrogens is 286 g/mol. The summed E-state index contributed by atoms with van der Waals surface area (Å²) < 4.78 is 0. The fourth-order valence-electron chi connectivity index (χ4n) is 2.46. The van der Waals surface area contributed by atoms with Crippen LogP contribution in [0.15, 0.2) is 22.3 Å². The molecule has 21 heavy (non-hydrogen) atoms. The number of hydrogen-bond acceptors (Lipinski definition) is 6. The first-order valence-electron chi connectivity index (χ1n) is 7.22. The largest absolute Gasteiger partial charge is 0.338 e. The van der Waals surface area contributed by atoms with Gasteiger partial charge in [0.1, 0.15) is 5.69 Å². The molecule has 6 nitrogen and oxygen atoms in total. The Morgan fingerprint density at radius 2 is 2.10 bits per heavy atom. The van der Waals surface area contributed by atoms with Gasteiger partial charge in [0.2, 0.25) is 5.95 Å².